The highest BCUT2D eigenvalue weighted by Crippen LogP contribution is 2.34. The van der Waals surface area contributed by atoms with Gasteiger partial charge in [0.05, 0.1) is 16.6 Å². The molecule has 0 amide bonds. The molecule has 0 saturated carbocycles. The molecule has 2 aromatic heterocycles. The Morgan fingerprint density at radius 1 is 1.07 bits per heavy atom. The highest BCUT2D eigenvalue weighted by Gasteiger charge is 2.21. The van der Waals surface area contributed by atoms with Gasteiger partial charge in [-0.05, 0) is 68.0 Å². The van der Waals surface area contributed by atoms with Gasteiger partial charge in [0.25, 0.3) is 0 Å². The van der Waals surface area contributed by atoms with Gasteiger partial charge in [-0.25, -0.2) is 4.98 Å². The zero-order chi connectivity index (χ0) is 20.5. The lowest BCUT2D eigenvalue weighted by atomic mass is 9.96. The summed E-state index contributed by atoms with van der Waals surface area (Å²) >= 11 is 0. The van der Waals surface area contributed by atoms with Crippen molar-refractivity contribution in [2.75, 3.05) is 5.32 Å². The molecule has 2 heterocycles. The van der Waals surface area contributed by atoms with Gasteiger partial charge in [-0.2, -0.15) is 5.26 Å². The van der Waals surface area contributed by atoms with Crippen molar-refractivity contribution in [3.63, 3.8) is 0 Å². The van der Waals surface area contributed by atoms with Crippen molar-refractivity contribution >= 4 is 28.2 Å². The normalized spacial score (nSPS) is 11.3. The topological polar surface area (TPSA) is 53.1 Å². The zero-order valence-electron chi connectivity index (χ0n) is 17.5. The van der Waals surface area contributed by atoms with Crippen molar-refractivity contribution < 1.29 is 0 Å². The summed E-state index contributed by atoms with van der Waals surface area (Å²) in [6.45, 7) is 8.61. The van der Waals surface area contributed by atoms with E-state index in [0.29, 0.717) is 17.1 Å². The van der Waals surface area contributed by atoms with Crippen LogP contribution in [0.4, 0.5) is 11.5 Å². The number of para-hydroxylation sites is 2. The molecule has 0 atom stereocenters. The fraction of sp³-hybridized carbons (Fsp3) is 0.280. The zero-order valence-corrected chi connectivity index (χ0v) is 17.5. The van der Waals surface area contributed by atoms with Gasteiger partial charge in [0, 0.05) is 5.69 Å². The van der Waals surface area contributed by atoms with E-state index in [-0.39, 0.29) is 0 Å². The molecule has 0 saturated heterocycles. The quantitative estimate of drug-likeness (QED) is 0.440. The number of anilines is 2. The molecule has 1 N–H and O–H groups in total. The molecule has 29 heavy (non-hydrogen) atoms. The Morgan fingerprint density at radius 2 is 1.79 bits per heavy atom. The number of benzene rings is 2. The average molecular weight is 383 g/mol. The van der Waals surface area contributed by atoms with Gasteiger partial charge in [0.1, 0.15) is 11.9 Å². The Kier molecular flexibility index (Phi) is 4.98. The Labute approximate surface area is 171 Å². The lowest BCUT2D eigenvalue weighted by molar-refractivity contribution is 0.585. The number of rotatable bonds is 5. The second-order valence-electron chi connectivity index (χ2n) is 8.12. The molecule has 2 aromatic carbocycles. The molecule has 0 radical (unpaired) electrons. The van der Waals surface area contributed by atoms with E-state index in [0.717, 1.165) is 40.9 Å². The summed E-state index contributed by atoms with van der Waals surface area (Å²) in [5.41, 5.74) is 7.76. The third-order valence-electron chi connectivity index (χ3n) is 5.52. The minimum Gasteiger partial charge on any atom is -0.341 e. The highest BCUT2D eigenvalue weighted by atomic mass is 15.1. The third-order valence-corrected chi connectivity index (χ3v) is 5.52. The number of fused-ring (bicyclic) bond motifs is 3. The van der Waals surface area contributed by atoms with E-state index in [4.69, 9.17) is 4.98 Å². The summed E-state index contributed by atoms with van der Waals surface area (Å²) in [6, 6.07) is 18.9. The highest BCUT2D eigenvalue weighted by molar-refractivity contribution is 5.87. The summed E-state index contributed by atoms with van der Waals surface area (Å²) in [6.07, 6.45) is 1.97. The number of nitrogens with zero attached hydrogens (tertiary/aromatic N) is 3. The first kappa shape index (κ1) is 19.0. The van der Waals surface area contributed by atoms with Crippen LogP contribution in [0.2, 0.25) is 0 Å². The molecule has 0 aliphatic heterocycles. The van der Waals surface area contributed by atoms with Crippen molar-refractivity contribution in [2.45, 2.75) is 40.5 Å². The van der Waals surface area contributed by atoms with E-state index >= 15 is 0 Å². The maximum absolute atomic E-state index is 9.93. The first-order chi connectivity index (χ1) is 14.0. The van der Waals surface area contributed by atoms with Gasteiger partial charge < -0.3 is 5.32 Å². The second-order valence-corrected chi connectivity index (χ2v) is 8.12. The maximum atomic E-state index is 9.93. The van der Waals surface area contributed by atoms with Gasteiger partial charge in [-0.3, -0.25) is 4.40 Å². The van der Waals surface area contributed by atoms with E-state index in [1.807, 2.05) is 25.1 Å². The molecule has 0 bridgehead atoms. The first-order valence-electron chi connectivity index (χ1n) is 10.2. The van der Waals surface area contributed by atoms with Crippen LogP contribution in [-0.4, -0.2) is 9.38 Å². The van der Waals surface area contributed by atoms with Crippen LogP contribution in [0.25, 0.3) is 16.7 Å². The van der Waals surface area contributed by atoms with Crippen LogP contribution < -0.4 is 5.32 Å². The van der Waals surface area contributed by atoms with Gasteiger partial charge in [-0.1, -0.05) is 43.7 Å². The molecule has 4 rings (SSSR count). The van der Waals surface area contributed by atoms with Crippen LogP contribution in [-0.2, 0) is 6.42 Å². The fourth-order valence-corrected chi connectivity index (χ4v) is 3.83. The average Bonchev–Trinajstić information content (AvgIpc) is 3.08. The smallest absolute Gasteiger partial charge is 0.157 e. The number of aryl methyl sites for hydroxylation is 1. The van der Waals surface area contributed by atoms with Crippen LogP contribution in [0.3, 0.4) is 0 Å². The number of aromatic nitrogens is 2. The maximum Gasteiger partial charge on any atom is 0.157 e. The molecule has 0 unspecified atom stereocenters. The molecule has 146 valence electrons. The SMILES string of the molecule is Cc1ccc(Nc2c(CCC(C)C)c(C)c(C#N)c3nc4ccccc4n23)cc1. The summed E-state index contributed by atoms with van der Waals surface area (Å²) in [7, 11) is 0. The Balaban J connectivity index is 2.03. The predicted octanol–water partition coefficient (Wildman–Crippen LogP) is 6.31. The van der Waals surface area contributed by atoms with E-state index in [2.05, 4.69) is 66.9 Å². The van der Waals surface area contributed by atoms with Crippen molar-refractivity contribution in [3.05, 3.63) is 70.8 Å². The number of pyridine rings is 1. The van der Waals surface area contributed by atoms with Gasteiger partial charge in [0.2, 0.25) is 0 Å². The minimum atomic E-state index is 0.586. The molecular weight excluding hydrogens is 356 g/mol. The third kappa shape index (κ3) is 3.45. The first-order valence-corrected chi connectivity index (χ1v) is 10.2. The van der Waals surface area contributed by atoms with E-state index in [1.54, 1.807) is 0 Å². The predicted molar refractivity (Wildman–Crippen MR) is 120 cm³/mol. The van der Waals surface area contributed by atoms with E-state index in [9.17, 15) is 5.26 Å². The number of nitrogens with one attached hydrogen (secondary N) is 1. The van der Waals surface area contributed by atoms with Crippen LogP contribution in [0.1, 0.15) is 42.5 Å². The van der Waals surface area contributed by atoms with Crippen molar-refractivity contribution in [1.29, 1.82) is 5.26 Å². The lowest BCUT2D eigenvalue weighted by Crippen LogP contribution is -2.09. The van der Waals surface area contributed by atoms with Crippen LogP contribution in [0, 0.1) is 31.1 Å². The molecule has 4 nitrogen and oxygen atoms in total. The molecule has 0 aliphatic rings. The summed E-state index contributed by atoms with van der Waals surface area (Å²) < 4.78 is 2.12. The van der Waals surface area contributed by atoms with E-state index in [1.165, 1.54) is 11.1 Å². The molecule has 0 fully saturated rings. The Hall–Kier alpha value is -3.32. The second kappa shape index (κ2) is 7.60. The Bertz CT molecular complexity index is 1220. The molecule has 4 heteroatoms. The molecular formula is C25H26N4. The van der Waals surface area contributed by atoms with Crippen LogP contribution in [0.5, 0.6) is 0 Å². The lowest BCUT2D eigenvalue weighted by Gasteiger charge is -2.19. The van der Waals surface area contributed by atoms with Crippen molar-refractivity contribution in [3.8, 4) is 6.07 Å². The van der Waals surface area contributed by atoms with Crippen LogP contribution in [0.15, 0.2) is 48.5 Å². The number of hydrogen-bond donors (Lipinski definition) is 1. The molecule has 0 spiro atoms. The summed E-state index contributed by atoms with van der Waals surface area (Å²) in [5, 5.41) is 13.6. The molecule has 4 aromatic rings. The summed E-state index contributed by atoms with van der Waals surface area (Å²) in [5.74, 6) is 1.59. The van der Waals surface area contributed by atoms with E-state index < -0.39 is 0 Å². The van der Waals surface area contributed by atoms with Crippen molar-refractivity contribution in [1.82, 2.24) is 9.38 Å². The number of nitriles is 1. The summed E-state index contributed by atoms with van der Waals surface area (Å²) in [4.78, 5) is 4.80. The van der Waals surface area contributed by atoms with Crippen LogP contribution >= 0.6 is 0 Å². The number of imidazole rings is 1. The Morgan fingerprint density at radius 3 is 2.48 bits per heavy atom. The largest absolute Gasteiger partial charge is 0.341 e. The minimum absolute atomic E-state index is 0.586. The van der Waals surface area contributed by atoms with Gasteiger partial charge >= 0.3 is 0 Å². The van der Waals surface area contributed by atoms with Gasteiger partial charge in [-0.15, -0.1) is 0 Å². The number of hydrogen-bond acceptors (Lipinski definition) is 3. The standard InChI is InChI=1S/C25H26N4/c1-16(2)9-14-20-18(4)21(15-26)25-28-22-7-5-6-8-23(22)29(25)24(20)27-19-12-10-17(3)11-13-19/h5-8,10-13,16,27H,9,14H2,1-4H3. The van der Waals surface area contributed by atoms with Gasteiger partial charge in [0.15, 0.2) is 5.65 Å². The molecule has 0 aliphatic carbocycles. The monoisotopic (exact) mass is 382 g/mol. The van der Waals surface area contributed by atoms with Crippen molar-refractivity contribution in [2.24, 2.45) is 5.92 Å². The fourth-order valence-electron chi connectivity index (χ4n) is 3.83.